The summed E-state index contributed by atoms with van der Waals surface area (Å²) in [6.07, 6.45) is 3.21. The Morgan fingerprint density at radius 1 is 1.13 bits per heavy atom. The zero-order chi connectivity index (χ0) is 21.1. The van der Waals surface area contributed by atoms with Crippen molar-refractivity contribution in [2.24, 2.45) is 0 Å². The van der Waals surface area contributed by atoms with Crippen molar-refractivity contribution in [2.45, 2.75) is 44.3 Å². The van der Waals surface area contributed by atoms with Gasteiger partial charge in [0.1, 0.15) is 5.82 Å². The summed E-state index contributed by atoms with van der Waals surface area (Å²) in [5.74, 6) is -0.232. The van der Waals surface area contributed by atoms with Crippen molar-refractivity contribution < 1.29 is 12.8 Å². The number of halogens is 1. The lowest BCUT2D eigenvalue weighted by atomic mass is 10.00. The Labute approximate surface area is 178 Å². The molecule has 2 aromatic carbocycles. The van der Waals surface area contributed by atoms with Gasteiger partial charge in [0.25, 0.3) is 10.2 Å². The predicted octanol–water partition coefficient (Wildman–Crippen LogP) is 2.75. The van der Waals surface area contributed by atoms with Crippen molar-refractivity contribution in [1.29, 1.82) is 0 Å². The second-order valence-electron chi connectivity index (χ2n) is 8.15. The van der Waals surface area contributed by atoms with Gasteiger partial charge in [0, 0.05) is 38.8 Å². The van der Waals surface area contributed by atoms with Crippen LogP contribution in [0.1, 0.15) is 42.0 Å². The van der Waals surface area contributed by atoms with Gasteiger partial charge in [-0.05, 0) is 54.5 Å². The van der Waals surface area contributed by atoms with Crippen molar-refractivity contribution in [2.75, 3.05) is 20.1 Å². The fraction of sp³-hybridized carbons (Fsp3) is 0.455. The molecule has 30 heavy (non-hydrogen) atoms. The molecule has 2 aliphatic heterocycles. The Kier molecular flexibility index (Phi) is 6.50. The first-order valence-electron chi connectivity index (χ1n) is 10.5. The van der Waals surface area contributed by atoms with Gasteiger partial charge >= 0.3 is 0 Å². The SMILES string of the molecule is CN(CCCC1CC(c2cccc(F)c2)NN1)S(=O)(=O)N1CCc2ccccc2C1. The lowest BCUT2D eigenvalue weighted by molar-refractivity contribution is 0.338. The second-order valence-corrected chi connectivity index (χ2v) is 10.2. The van der Waals surface area contributed by atoms with Crippen molar-refractivity contribution >= 4 is 10.2 Å². The van der Waals surface area contributed by atoms with Crippen LogP contribution in [0.4, 0.5) is 4.39 Å². The van der Waals surface area contributed by atoms with E-state index in [1.54, 1.807) is 23.5 Å². The van der Waals surface area contributed by atoms with Crippen molar-refractivity contribution in [1.82, 2.24) is 19.5 Å². The number of nitrogens with zero attached hydrogens (tertiary/aromatic N) is 2. The quantitative estimate of drug-likeness (QED) is 0.706. The summed E-state index contributed by atoms with van der Waals surface area (Å²) in [6, 6.07) is 15.0. The molecule has 8 heteroatoms. The average molecular weight is 433 g/mol. The molecule has 2 aromatic rings. The molecule has 0 bridgehead atoms. The first-order valence-corrected chi connectivity index (χ1v) is 11.9. The second kappa shape index (κ2) is 9.11. The van der Waals surface area contributed by atoms with Crippen molar-refractivity contribution in [3.63, 3.8) is 0 Å². The summed E-state index contributed by atoms with van der Waals surface area (Å²) in [5, 5.41) is 0. The van der Waals surface area contributed by atoms with Crippen LogP contribution >= 0.6 is 0 Å². The molecule has 0 aliphatic carbocycles. The summed E-state index contributed by atoms with van der Waals surface area (Å²) in [7, 11) is -1.81. The highest BCUT2D eigenvalue weighted by atomic mass is 32.2. The van der Waals surface area contributed by atoms with E-state index in [-0.39, 0.29) is 17.9 Å². The fourth-order valence-electron chi connectivity index (χ4n) is 4.29. The Morgan fingerprint density at radius 2 is 1.93 bits per heavy atom. The molecule has 2 unspecified atom stereocenters. The first kappa shape index (κ1) is 21.4. The van der Waals surface area contributed by atoms with E-state index in [1.165, 1.54) is 15.9 Å². The molecule has 0 radical (unpaired) electrons. The Balaban J connectivity index is 1.26. The fourth-order valence-corrected chi connectivity index (χ4v) is 5.67. The number of hydrazine groups is 1. The molecule has 2 atom stereocenters. The lowest BCUT2D eigenvalue weighted by Crippen LogP contribution is -2.44. The first-order chi connectivity index (χ1) is 14.4. The molecule has 6 nitrogen and oxygen atoms in total. The maximum absolute atomic E-state index is 13.4. The van der Waals surface area contributed by atoms with E-state index in [9.17, 15) is 12.8 Å². The van der Waals surface area contributed by atoms with Crippen LogP contribution < -0.4 is 10.9 Å². The third kappa shape index (κ3) is 4.73. The van der Waals surface area contributed by atoms with Gasteiger partial charge in [-0.1, -0.05) is 36.4 Å². The van der Waals surface area contributed by atoms with Crippen LogP contribution in [0, 0.1) is 5.82 Å². The normalized spacial score (nSPS) is 22.4. The predicted molar refractivity (Wildman–Crippen MR) is 115 cm³/mol. The zero-order valence-electron chi connectivity index (χ0n) is 17.2. The molecule has 2 aliphatic rings. The summed E-state index contributed by atoms with van der Waals surface area (Å²) in [6.45, 7) is 1.43. The minimum Gasteiger partial charge on any atom is -0.254 e. The summed E-state index contributed by atoms with van der Waals surface area (Å²) in [4.78, 5) is 0. The summed E-state index contributed by atoms with van der Waals surface area (Å²) < 4.78 is 42.4. The smallest absolute Gasteiger partial charge is 0.254 e. The highest BCUT2D eigenvalue weighted by Gasteiger charge is 2.30. The average Bonchev–Trinajstić information content (AvgIpc) is 3.22. The van der Waals surface area contributed by atoms with Gasteiger partial charge in [0.15, 0.2) is 0 Å². The number of rotatable bonds is 7. The van der Waals surface area contributed by atoms with Gasteiger partial charge in [-0.25, -0.2) is 4.39 Å². The van der Waals surface area contributed by atoms with Gasteiger partial charge < -0.3 is 0 Å². The number of fused-ring (bicyclic) bond motifs is 1. The van der Waals surface area contributed by atoms with Gasteiger partial charge in [-0.2, -0.15) is 17.0 Å². The van der Waals surface area contributed by atoms with E-state index in [2.05, 4.69) is 16.9 Å². The molecule has 162 valence electrons. The molecular formula is C22H29FN4O2S. The molecular weight excluding hydrogens is 403 g/mol. The maximum Gasteiger partial charge on any atom is 0.282 e. The Morgan fingerprint density at radius 3 is 2.73 bits per heavy atom. The Hall–Kier alpha value is -1.84. The molecule has 0 spiro atoms. The number of nitrogens with one attached hydrogen (secondary N) is 2. The van der Waals surface area contributed by atoms with Gasteiger partial charge in [-0.15, -0.1) is 0 Å². The van der Waals surface area contributed by atoms with Crippen LogP contribution in [0.15, 0.2) is 48.5 Å². The number of benzene rings is 2. The van der Waals surface area contributed by atoms with E-state index in [1.807, 2.05) is 24.3 Å². The highest BCUT2D eigenvalue weighted by molar-refractivity contribution is 7.86. The monoisotopic (exact) mass is 432 g/mol. The highest BCUT2D eigenvalue weighted by Crippen LogP contribution is 2.25. The Bertz CT molecular complexity index is 985. The van der Waals surface area contributed by atoms with Crippen molar-refractivity contribution in [3.8, 4) is 0 Å². The molecule has 1 fully saturated rings. The minimum atomic E-state index is -3.47. The lowest BCUT2D eigenvalue weighted by Gasteiger charge is -2.31. The van der Waals surface area contributed by atoms with Crippen LogP contribution in [-0.4, -0.2) is 43.2 Å². The molecule has 2 heterocycles. The number of hydrogen-bond acceptors (Lipinski definition) is 4. The van der Waals surface area contributed by atoms with E-state index >= 15 is 0 Å². The van der Waals surface area contributed by atoms with Gasteiger partial charge in [0.2, 0.25) is 0 Å². The van der Waals surface area contributed by atoms with E-state index in [0.717, 1.165) is 36.8 Å². The largest absolute Gasteiger partial charge is 0.282 e. The number of hydrogen-bond donors (Lipinski definition) is 2. The molecule has 0 aromatic heterocycles. The van der Waals surface area contributed by atoms with Crippen LogP contribution in [-0.2, 0) is 23.2 Å². The van der Waals surface area contributed by atoms with Gasteiger partial charge in [0.05, 0.1) is 0 Å². The van der Waals surface area contributed by atoms with Crippen LogP contribution in [0.3, 0.4) is 0 Å². The molecule has 4 rings (SSSR count). The topological polar surface area (TPSA) is 64.7 Å². The van der Waals surface area contributed by atoms with E-state index in [0.29, 0.717) is 19.6 Å². The molecule has 0 saturated carbocycles. The standard InChI is InChI=1S/C22H29FN4O2S/c1-26(30(28,29)27-13-11-17-6-2-3-7-19(17)16-27)12-5-10-21-15-22(25-24-21)18-8-4-9-20(23)14-18/h2-4,6-9,14,21-22,24-25H,5,10-13,15-16H2,1H3. The molecule has 1 saturated heterocycles. The molecule has 2 N–H and O–H groups in total. The zero-order valence-corrected chi connectivity index (χ0v) is 18.0. The van der Waals surface area contributed by atoms with Crippen LogP contribution in [0.2, 0.25) is 0 Å². The van der Waals surface area contributed by atoms with Crippen LogP contribution in [0.5, 0.6) is 0 Å². The summed E-state index contributed by atoms with van der Waals surface area (Å²) >= 11 is 0. The minimum absolute atomic E-state index is 0.0700. The van der Waals surface area contributed by atoms with E-state index < -0.39 is 10.2 Å². The third-order valence-electron chi connectivity index (χ3n) is 6.07. The summed E-state index contributed by atoms with van der Waals surface area (Å²) in [5.41, 5.74) is 9.73. The van der Waals surface area contributed by atoms with Gasteiger partial charge in [-0.3, -0.25) is 10.9 Å². The molecule has 0 amide bonds. The maximum atomic E-state index is 13.4. The van der Waals surface area contributed by atoms with Crippen molar-refractivity contribution in [3.05, 3.63) is 71.0 Å². The van der Waals surface area contributed by atoms with Crippen LogP contribution in [0.25, 0.3) is 0 Å². The third-order valence-corrected chi connectivity index (χ3v) is 8.01. The van der Waals surface area contributed by atoms with E-state index in [4.69, 9.17) is 0 Å².